The molecule has 0 spiro atoms. The highest BCUT2D eigenvalue weighted by Crippen LogP contribution is 2.24. The molecule has 5 aromatic rings. The number of amides is 1. The van der Waals surface area contributed by atoms with E-state index in [1.807, 2.05) is 60.7 Å². The van der Waals surface area contributed by atoms with E-state index in [0.29, 0.717) is 11.5 Å². The Morgan fingerprint density at radius 1 is 0.941 bits per heavy atom. The van der Waals surface area contributed by atoms with Crippen LogP contribution in [0.3, 0.4) is 0 Å². The third-order valence-electron chi connectivity index (χ3n) is 5.58. The molecule has 10 heteroatoms. The van der Waals surface area contributed by atoms with Crippen molar-refractivity contribution in [2.24, 2.45) is 14.1 Å². The van der Waals surface area contributed by atoms with Crippen LogP contribution in [0, 0.1) is 0 Å². The molecular weight excluding hydrogens is 434 g/mol. The van der Waals surface area contributed by atoms with Crippen LogP contribution in [0.2, 0.25) is 0 Å². The summed E-state index contributed by atoms with van der Waals surface area (Å²) in [6, 6.07) is 20.9. The van der Waals surface area contributed by atoms with Crippen molar-refractivity contribution >= 4 is 22.9 Å². The normalized spacial score (nSPS) is 11.1. The van der Waals surface area contributed by atoms with Gasteiger partial charge in [-0.3, -0.25) is 18.7 Å². The predicted octanol–water partition coefficient (Wildman–Crippen LogP) is 1.93. The Morgan fingerprint density at radius 2 is 1.62 bits per heavy atom. The van der Waals surface area contributed by atoms with Gasteiger partial charge in [0, 0.05) is 25.7 Å². The lowest BCUT2D eigenvalue weighted by atomic mass is 10.2. The molecule has 0 unspecified atom stereocenters. The van der Waals surface area contributed by atoms with Gasteiger partial charge in [0.25, 0.3) is 5.56 Å². The molecule has 0 fully saturated rings. The van der Waals surface area contributed by atoms with Crippen molar-refractivity contribution in [2.75, 3.05) is 5.32 Å². The average Bonchev–Trinajstić information content (AvgIpc) is 3.47. The topological polar surface area (TPSA) is 109 Å². The number of rotatable bonds is 5. The molecule has 5 rings (SSSR count). The number of imidazole rings is 1. The second-order valence-corrected chi connectivity index (χ2v) is 7.83. The zero-order valence-corrected chi connectivity index (χ0v) is 18.5. The number of carbonyl (C=O) groups excluding carboxylic acids is 1. The predicted molar refractivity (Wildman–Crippen MR) is 128 cm³/mol. The van der Waals surface area contributed by atoms with Crippen LogP contribution in [-0.4, -0.2) is 34.4 Å². The van der Waals surface area contributed by atoms with Crippen LogP contribution in [0.4, 0.5) is 5.82 Å². The number of nitrogens with one attached hydrogen (secondary N) is 1. The molecule has 0 aliphatic heterocycles. The summed E-state index contributed by atoms with van der Waals surface area (Å²) >= 11 is 0. The van der Waals surface area contributed by atoms with E-state index in [-0.39, 0.29) is 23.6 Å². The van der Waals surface area contributed by atoms with Crippen LogP contribution < -0.4 is 16.6 Å². The quantitative estimate of drug-likeness (QED) is 0.436. The first-order valence-corrected chi connectivity index (χ1v) is 10.6. The van der Waals surface area contributed by atoms with Gasteiger partial charge in [0.2, 0.25) is 5.91 Å². The van der Waals surface area contributed by atoms with E-state index >= 15 is 0 Å². The van der Waals surface area contributed by atoms with Gasteiger partial charge in [-0.1, -0.05) is 48.5 Å². The van der Waals surface area contributed by atoms with Gasteiger partial charge in [0.1, 0.15) is 12.4 Å². The minimum Gasteiger partial charge on any atom is -0.315 e. The van der Waals surface area contributed by atoms with E-state index in [1.54, 1.807) is 10.7 Å². The third kappa shape index (κ3) is 3.60. The van der Waals surface area contributed by atoms with E-state index in [0.717, 1.165) is 15.8 Å². The van der Waals surface area contributed by atoms with Crippen LogP contribution in [-0.2, 0) is 25.4 Å². The fraction of sp³-hybridized carbons (Fsp3) is 0.125. The highest BCUT2D eigenvalue weighted by atomic mass is 16.2. The van der Waals surface area contributed by atoms with Gasteiger partial charge in [-0.15, -0.1) is 0 Å². The largest absolute Gasteiger partial charge is 0.332 e. The molecule has 0 saturated carbocycles. The SMILES string of the molecule is Cn1c(=O)c2c(ncn2CC(=O)Nc2cc(-c3ccccc3)nn2-c2ccccc2)n(C)c1=O. The molecule has 0 saturated heterocycles. The molecule has 3 aromatic heterocycles. The summed E-state index contributed by atoms with van der Waals surface area (Å²) in [5.41, 5.74) is 1.82. The van der Waals surface area contributed by atoms with Gasteiger partial charge < -0.3 is 9.88 Å². The molecule has 34 heavy (non-hydrogen) atoms. The first-order valence-electron chi connectivity index (χ1n) is 10.6. The van der Waals surface area contributed by atoms with Gasteiger partial charge in [-0.25, -0.2) is 14.5 Å². The number of carbonyl (C=O) groups is 1. The van der Waals surface area contributed by atoms with Crippen molar-refractivity contribution in [1.29, 1.82) is 0 Å². The molecule has 170 valence electrons. The molecule has 2 aromatic carbocycles. The van der Waals surface area contributed by atoms with Gasteiger partial charge in [0.15, 0.2) is 11.2 Å². The van der Waals surface area contributed by atoms with Crippen molar-refractivity contribution in [3.05, 3.63) is 93.9 Å². The van der Waals surface area contributed by atoms with E-state index in [1.165, 1.54) is 29.6 Å². The number of nitrogens with zero attached hydrogens (tertiary/aromatic N) is 6. The number of para-hydroxylation sites is 1. The molecule has 0 aliphatic carbocycles. The van der Waals surface area contributed by atoms with Crippen LogP contribution in [0.25, 0.3) is 28.1 Å². The van der Waals surface area contributed by atoms with Crippen molar-refractivity contribution in [3.8, 4) is 16.9 Å². The lowest BCUT2D eigenvalue weighted by Crippen LogP contribution is -2.37. The maximum Gasteiger partial charge on any atom is 0.332 e. The Bertz CT molecular complexity index is 1630. The van der Waals surface area contributed by atoms with E-state index in [2.05, 4.69) is 15.4 Å². The van der Waals surface area contributed by atoms with E-state index in [9.17, 15) is 14.4 Å². The second kappa shape index (κ2) is 8.32. The van der Waals surface area contributed by atoms with Crippen LogP contribution in [0.5, 0.6) is 0 Å². The van der Waals surface area contributed by atoms with E-state index < -0.39 is 11.2 Å². The molecule has 1 amide bonds. The van der Waals surface area contributed by atoms with Crippen LogP contribution in [0.1, 0.15) is 0 Å². The molecule has 0 bridgehead atoms. The van der Waals surface area contributed by atoms with E-state index in [4.69, 9.17) is 0 Å². The summed E-state index contributed by atoms with van der Waals surface area (Å²) in [6.07, 6.45) is 1.38. The minimum absolute atomic E-state index is 0.162. The molecule has 0 atom stereocenters. The summed E-state index contributed by atoms with van der Waals surface area (Å²) < 4.78 is 5.37. The van der Waals surface area contributed by atoms with Gasteiger partial charge in [-0.05, 0) is 12.1 Å². The monoisotopic (exact) mass is 455 g/mol. The molecule has 0 radical (unpaired) electrons. The zero-order chi connectivity index (χ0) is 23.8. The Morgan fingerprint density at radius 3 is 2.32 bits per heavy atom. The maximum atomic E-state index is 13.0. The molecular formula is C24H21N7O3. The first kappa shape index (κ1) is 21.1. The Balaban J connectivity index is 1.50. The Labute approximate surface area is 193 Å². The fourth-order valence-corrected chi connectivity index (χ4v) is 3.84. The van der Waals surface area contributed by atoms with Gasteiger partial charge >= 0.3 is 5.69 Å². The standard InChI is InChI=1S/C24H21N7O3/c1-28-22-21(23(33)29(2)24(28)34)30(15-25-22)14-20(32)26-19-13-18(16-9-5-3-6-10-16)27-31(19)17-11-7-4-8-12-17/h3-13,15H,14H2,1-2H3,(H,26,32). The lowest BCUT2D eigenvalue weighted by molar-refractivity contribution is -0.116. The Hall–Kier alpha value is -4.73. The maximum absolute atomic E-state index is 13.0. The summed E-state index contributed by atoms with van der Waals surface area (Å²) in [5.74, 6) is 0.117. The van der Waals surface area contributed by atoms with Crippen molar-refractivity contribution in [1.82, 2.24) is 28.5 Å². The van der Waals surface area contributed by atoms with Crippen LogP contribution in [0.15, 0.2) is 82.6 Å². The Kier molecular flexibility index (Phi) is 5.17. The summed E-state index contributed by atoms with van der Waals surface area (Å²) in [6.45, 7) is -0.162. The number of benzene rings is 2. The lowest BCUT2D eigenvalue weighted by Gasteiger charge is -2.10. The molecule has 10 nitrogen and oxygen atoms in total. The van der Waals surface area contributed by atoms with Crippen molar-refractivity contribution in [3.63, 3.8) is 0 Å². The highest BCUT2D eigenvalue weighted by Gasteiger charge is 2.18. The molecule has 1 N–H and O–H groups in total. The highest BCUT2D eigenvalue weighted by molar-refractivity contribution is 5.91. The van der Waals surface area contributed by atoms with Crippen LogP contribution >= 0.6 is 0 Å². The number of hydrogen-bond donors (Lipinski definition) is 1. The first-order chi connectivity index (χ1) is 16.4. The molecule has 0 aliphatic rings. The third-order valence-corrected chi connectivity index (χ3v) is 5.58. The molecule has 3 heterocycles. The number of aromatic nitrogens is 6. The van der Waals surface area contributed by atoms with Gasteiger partial charge in [-0.2, -0.15) is 5.10 Å². The smallest absolute Gasteiger partial charge is 0.315 e. The van der Waals surface area contributed by atoms with Crippen molar-refractivity contribution < 1.29 is 4.79 Å². The summed E-state index contributed by atoms with van der Waals surface area (Å²) in [7, 11) is 2.93. The number of anilines is 1. The number of hydrogen-bond acceptors (Lipinski definition) is 5. The van der Waals surface area contributed by atoms with Crippen molar-refractivity contribution in [2.45, 2.75) is 6.54 Å². The number of fused-ring (bicyclic) bond motifs is 1. The summed E-state index contributed by atoms with van der Waals surface area (Å²) in [4.78, 5) is 42.0. The van der Waals surface area contributed by atoms with Gasteiger partial charge in [0.05, 0.1) is 17.7 Å². The average molecular weight is 455 g/mol. The minimum atomic E-state index is -0.510. The zero-order valence-electron chi connectivity index (χ0n) is 18.5. The fourth-order valence-electron chi connectivity index (χ4n) is 3.84. The second-order valence-electron chi connectivity index (χ2n) is 7.83. The number of aryl methyl sites for hydroxylation is 1. The summed E-state index contributed by atoms with van der Waals surface area (Å²) in [5, 5.41) is 7.59.